The second-order valence-corrected chi connectivity index (χ2v) is 6.99. The molecule has 3 unspecified atom stereocenters. The lowest BCUT2D eigenvalue weighted by Gasteiger charge is -2.52. The largest absolute Gasteiger partial charge is 0.378 e. The standard InChI is InChI=1S/C18H28N2O/c1-4-21-17-9-16(18(17,2)3)20-12-14-11-19-10-13-7-5-6-8-15(13)14/h5-8,14,16-17,19-20H,4,9-12H2,1-3H3. The SMILES string of the molecule is CCOC1CC(NCC2CNCc3ccccc32)C1(C)C. The van der Waals surface area contributed by atoms with Crippen LogP contribution in [-0.4, -0.2) is 31.8 Å². The molecule has 3 atom stereocenters. The number of ether oxygens (including phenoxy) is 1. The fraction of sp³-hybridized carbons (Fsp3) is 0.667. The van der Waals surface area contributed by atoms with E-state index in [0.29, 0.717) is 18.1 Å². The minimum Gasteiger partial charge on any atom is -0.378 e. The number of rotatable bonds is 5. The fourth-order valence-corrected chi connectivity index (χ4v) is 3.77. The molecule has 1 aliphatic carbocycles. The summed E-state index contributed by atoms with van der Waals surface area (Å²) in [7, 11) is 0. The van der Waals surface area contributed by atoms with E-state index in [-0.39, 0.29) is 5.41 Å². The molecule has 3 heteroatoms. The molecular weight excluding hydrogens is 260 g/mol. The van der Waals surface area contributed by atoms with Crippen molar-refractivity contribution in [1.29, 1.82) is 0 Å². The van der Waals surface area contributed by atoms with Crippen LogP contribution in [0.3, 0.4) is 0 Å². The van der Waals surface area contributed by atoms with Gasteiger partial charge in [0, 0.05) is 43.6 Å². The lowest BCUT2D eigenvalue weighted by molar-refractivity contribution is -0.114. The molecule has 0 spiro atoms. The number of hydrogen-bond acceptors (Lipinski definition) is 3. The van der Waals surface area contributed by atoms with Crippen molar-refractivity contribution in [3.05, 3.63) is 35.4 Å². The molecule has 0 radical (unpaired) electrons. The zero-order chi connectivity index (χ0) is 14.9. The number of benzene rings is 1. The predicted octanol–water partition coefficient (Wildman–Crippen LogP) is 2.67. The minimum atomic E-state index is 0.248. The van der Waals surface area contributed by atoms with Crippen molar-refractivity contribution in [3.8, 4) is 0 Å². The molecule has 1 heterocycles. The first kappa shape index (κ1) is 15.0. The maximum absolute atomic E-state index is 5.82. The Morgan fingerprint density at radius 2 is 2.14 bits per heavy atom. The highest BCUT2D eigenvalue weighted by atomic mass is 16.5. The van der Waals surface area contributed by atoms with E-state index in [1.165, 1.54) is 11.1 Å². The van der Waals surface area contributed by atoms with E-state index < -0.39 is 0 Å². The lowest BCUT2D eigenvalue weighted by atomic mass is 9.64. The zero-order valence-corrected chi connectivity index (χ0v) is 13.5. The van der Waals surface area contributed by atoms with Crippen LogP contribution in [0.1, 0.15) is 44.2 Å². The lowest BCUT2D eigenvalue weighted by Crippen LogP contribution is -2.61. The average Bonchev–Trinajstić information content (AvgIpc) is 2.50. The summed E-state index contributed by atoms with van der Waals surface area (Å²) in [6.07, 6.45) is 1.56. The van der Waals surface area contributed by atoms with Gasteiger partial charge in [0.25, 0.3) is 0 Å². The summed E-state index contributed by atoms with van der Waals surface area (Å²) < 4.78 is 5.82. The van der Waals surface area contributed by atoms with Gasteiger partial charge < -0.3 is 15.4 Å². The molecule has 1 fully saturated rings. The summed E-state index contributed by atoms with van der Waals surface area (Å²) in [6.45, 7) is 10.7. The van der Waals surface area contributed by atoms with Crippen molar-refractivity contribution in [2.45, 2.75) is 51.8 Å². The molecule has 3 nitrogen and oxygen atoms in total. The molecule has 0 amide bonds. The van der Waals surface area contributed by atoms with E-state index in [0.717, 1.165) is 32.7 Å². The normalized spacial score (nSPS) is 30.5. The first-order valence-electron chi connectivity index (χ1n) is 8.26. The smallest absolute Gasteiger partial charge is 0.0655 e. The molecule has 116 valence electrons. The monoisotopic (exact) mass is 288 g/mol. The van der Waals surface area contributed by atoms with Gasteiger partial charge in [0.15, 0.2) is 0 Å². The van der Waals surface area contributed by atoms with Crippen molar-refractivity contribution in [3.63, 3.8) is 0 Å². The molecule has 3 rings (SSSR count). The van der Waals surface area contributed by atoms with E-state index in [9.17, 15) is 0 Å². The van der Waals surface area contributed by atoms with Crippen LogP contribution in [0.2, 0.25) is 0 Å². The molecule has 2 aliphatic rings. The second kappa shape index (κ2) is 6.07. The first-order valence-corrected chi connectivity index (χ1v) is 8.26. The molecule has 1 saturated carbocycles. The van der Waals surface area contributed by atoms with Crippen LogP contribution in [0.15, 0.2) is 24.3 Å². The predicted molar refractivity (Wildman–Crippen MR) is 86.5 cm³/mol. The van der Waals surface area contributed by atoms with Gasteiger partial charge in [0.1, 0.15) is 0 Å². The summed E-state index contributed by atoms with van der Waals surface area (Å²) >= 11 is 0. The average molecular weight is 288 g/mol. The third-order valence-corrected chi connectivity index (χ3v) is 5.36. The van der Waals surface area contributed by atoms with E-state index in [2.05, 4.69) is 55.7 Å². The van der Waals surface area contributed by atoms with Gasteiger partial charge in [-0.25, -0.2) is 0 Å². The van der Waals surface area contributed by atoms with Gasteiger partial charge in [-0.05, 0) is 24.5 Å². The van der Waals surface area contributed by atoms with Crippen LogP contribution in [0.4, 0.5) is 0 Å². The van der Waals surface area contributed by atoms with Crippen LogP contribution in [0, 0.1) is 5.41 Å². The van der Waals surface area contributed by atoms with Gasteiger partial charge in [-0.2, -0.15) is 0 Å². The summed E-state index contributed by atoms with van der Waals surface area (Å²) in [4.78, 5) is 0. The Labute approximate surface area is 128 Å². The third-order valence-electron chi connectivity index (χ3n) is 5.36. The maximum Gasteiger partial charge on any atom is 0.0655 e. The van der Waals surface area contributed by atoms with Gasteiger partial charge >= 0.3 is 0 Å². The van der Waals surface area contributed by atoms with Crippen molar-refractivity contribution < 1.29 is 4.74 Å². The fourth-order valence-electron chi connectivity index (χ4n) is 3.77. The Balaban J connectivity index is 1.58. The number of nitrogens with one attached hydrogen (secondary N) is 2. The molecule has 1 aromatic carbocycles. The minimum absolute atomic E-state index is 0.248. The van der Waals surface area contributed by atoms with Crippen LogP contribution in [0.25, 0.3) is 0 Å². The van der Waals surface area contributed by atoms with Crippen LogP contribution in [0.5, 0.6) is 0 Å². The van der Waals surface area contributed by atoms with Crippen molar-refractivity contribution in [2.75, 3.05) is 19.7 Å². The summed E-state index contributed by atoms with van der Waals surface area (Å²) in [6, 6.07) is 9.40. The summed E-state index contributed by atoms with van der Waals surface area (Å²) in [5.41, 5.74) is 3.22. The van der Waals surface area contributed by atoms with Crippen molar-refractivity contribution in [2.24, 2.45) is 5.41 Å². The molecule has 1 aliphatic heterocycles. The van der Waals surface area contributed by atoms with E-state index in [1.54, 1.807) is 0 Å². The van der Waals surface area contributed by atoms with E-state index >= 15 is 0 Å². The molecule has 0 saturated heterocycles. The van der Waals surface area contributed by atoms with Gasteiger partial charge in [0.05, 0.1) is 6.10 Å². The summed E-state index contributed by atoms with van der Waals surface area (Å²) in [5.74, 6) is 0.580. The Morgan fingerprint density at radius 3 is 2.90 bits per heavy atom. The Morgan fingerprint density at radius 1 is 1.33 bits per heavy atom. The van der Waals surface area contributed by atoms with Crippen molar-refractivity contribution >= 4 is 0 Å². The van der Waals surface area contributed by atoms with Crippen molar-refractivity contribution in [1.82, 2.24) is 10.6 Å². The zero-order valence-electron chi connectivity index (χ0n) is 13.5. The van der Waals surface area contributed by atoms with Crippen LogP contribution in [-0.2, 0) is 11.3 Å². The molecular formula is C18H28N2O. The molecule has 0 bridgehead atoms. The summed E-state index contributed by atoms with van der Waals surface area (Å²) in [5, 5.41) is 7.32. The Hall–Kier alpha value is -0.900. The number of fused-ring (bicyclic) bond motifs is 1. The number of hydrogen-bond donors (Lipinski definition) is 2. The van der Waals surface area contributed by atoms with Gasteiger partial charge in [0.2, 0.25) is 0 Å². The molecule has 21 heavy (non-hydrogen) atoms. The van der Waals surface area contributed by atoms with Crippen LogP contribution >= 0.6 is 0 Å². The molecule has 2 N–H and O–H groups in total. The van der Waals surface area contributed by atoms with Crippen LogP contribution < -0.4 is 10.6 Å². The quantitative estimate of drug-likeness (QED) is 0.874. The Bertz CT molecular complexity index is 486. The van der Waals surface area contributed by atoms with E-state index in [4.69, 9.17) is 4.74 Å². The second-order valence-electron chi connectivity index (χ2n) is 6.99. The third kappa shape index (κ3) is 2.87. The highest BCUT2D eigenvalue weighted by molar-refractivity contribution is 5.33. The molecule has 1 aromatic rings. The first-order chi connectivity index (χ1) is 10.1. The maximum atomic E-state index is 5.82. The molecule has 0 aromatic heterocycles. The highest BCUT2D eigenvalue weighted by Gasteiger charge is 2.48. The highest BCUT2D eigenvalue weighted by Crippen LogP contribution is 2.43. The van der Waals surface area contributed by atoms with Gasteiger partial charge in [-0.3, -0.25) is 0 Å². The Kier molecular flexibility index (Phi) is 4.34. The topological polar surface area (TPSA) is 33.3 Å². The van der Waals surface area contributed by atoms with E-state index in [1.807, 2.05) is 0 Å². The van der Waals surface area contributed by atoms with Gasteiger partial charge in [-0.15, -0.1) is 0 Å². The van der Waals surface area contributed by atoms with Gasteiger partial charge in [-0.1, -0.05) is 38.1 Å².